The van der Waals surface area contributed by atoms with E-state index in [9.17, 15) is 9.18 Å². The van der Waals surface area contributed by atoms with Gasteiger partial charge in [0.15, 0.2) is 0 Å². The van der Waals surface area contributed by atoms with Crippen molar-refractivity contribution in [3.8, 4) is 11.3 Å². The van der Waals surface area contributed by atoms with Gasteiger partial charge in [-0.15, -0.1) is 0 Å². The van der Waals surface area contributed by atoms with Crippen LogP contribution in [0.5, 0.6) is 0 Å². The molecule has 0 spiro atoms. The molecule has 0 radical (unpaired) electrons. The Morgan fingerprint density at radius 1 is 1.19 bits per heavy atom. The van der Waals surface area contributed by atoms with Crippen molar-refractivity contribution in [2.45, 2.75) is 19.5 Å². The minimum atomic E-state index is -0.309. The molecule has 1 saturated heterocycles. The number of carbonyl (C=O) groups is 1. The molecule has 7 heteroatoms. The topological polar surface area (TPSA) is 61.4 Å². The third-order valence-electron chi connectivity index (χ3n) is 5.42. The lowest BCUT2D eigenvalue weighted by Gasteiger charge is -2.31. The molecule has 3 aromatic rings. The Hall–Kier alpha value is -3.16. The summed E-state index contributed by atoms with van der Waals surface area (Å²) in [6.07, 6.45) is 1.83. The summed E-state index contributed by atoms with van der Waals surface area (Å²) in [6, 6.07) is 15.7. The number of amides is 1. The number of carbonyl (C=O) groups excluding carboxylic acids is 1. The molecule has 0 saturated carbocycles. The van der Waals surface area contributed by atoms with Crippen molar-refractivity contribution in [3.05, 3.63) is 77.9 Å². The second kappa shape index (κ2) is 9.32. The zero-order valence-corrected chi connectivity index (χ0v) is 17.8. The Balaban J connectivity index is 1.45. The predicted molar refractivity (Wildman–Crippen MR) is 119 cm³/mol. The maximum atomic E-state index is 13.2. The third-order valence-corrected chi connectivity index (χ3v) is 5.42. The molecule has 6 nitrogen and oxygen atoms in total. The number of anilines is 1. The molecule has 0 aliphatic carbocycles. The van der Waals surface area contributed by atoms with Crippen molar-refractivity contribution in [2.75, 3.05) is 31.6 Å². The Morgan fingerprint density at radius 2 is 2.00 bits per heavy atom. The molecule has 3 heterocycles. The number of aromatic nitrogens is 2. The van der Waals surface area contributed by atoms with Gasteiger partial charge in [-0.2, -0.15) is 0 Å². The van der Waals surface area contributed by atoms with Crippen LogP contribution in [-0.4, -0.2) is 53.5 Å². The Kier molecular flexibility index (Phi) is 6.34. The van der Waals surface area contributed by atoms with Crippen molar-refractivity contribution in [3.63, 3.8) is 0 Å². The molecular formula is C24H26FN5O. The molecule has 4 rings (SSSR count). The Bertz CT molecular complexity index is 1040. The first kappa shape index (κ1) is 21.1. The molecule has 1 aliphatic rings. The summed E-state index contributed by atoms with van der Waals surface area (Å²) in [6.45, 7) is 6.05. The number of pyridine rings is 2. The number of hydrogen-bond donors (Lipinski definition) is 1. The van der Waals surface area contributed by atoms with Gasteiger partial charge in [0.05, 0.1) is 5.69 Å². The summed E-state index contributed by atoms with van der Waals surface area (Å²) in [7, 11) is 1.69. The average Bonchev–Trinajstić information content (AvgIpc) is 2.79. The van der Waals surface area contributed by atoms with Crippen molar-refractivity contribution in [1.29, 1.82) is 0 Å². The van der Waals surface area contributed by atoms with Crippen LogP contribution in [0.1, 0.15) is 23.0 Å². The van der Waals surface area contributed by atoms with E-state index in [1.807, 2.05) is 18.3 Å². The summed E-state index contributed by atoms with van der Waals surface area (Å²) in [5.74, 6) is 0.00764. The maximum Gasteiger partial charge on any atom is 0.277 e. The molecule has 1 amide bonds. The van der Waals surface area contributed by atoms with Crippen LogP contribution in [0.15, 0.2) is 60.8 Å². The number of hydrogen-bond acceptors (Lipinski definition) is 5. The lowest BCUT2D eigenvalue weighted by atomic mass is 10.1. The molecule has 0 unspecified atom stereocenters. The lowest BCUT2D eigenvalue weighted by Crippen LogP contribution is -2.48. The standard InChI is InChI=1S/C24H26FN5O/c1-17-15-30(13-12-26-17)16-18-6-11-23(27-14-18)29(2)24(31)22-5-3-4-21(28-22)19-7-9-20(25)10-8-19/h3-11,14,17,26H,12-13,15-16H2,1-2H3/t17-/m0/s1. The van der Waals surface area contributed by atoms with Crippen LogP contribution in [0.3, 0.4) is 0 Å². The molecular weight excluding hydrogens is 393 g/mol. The van der Waals surface area contributed by atoms with Gasteiger partial charge in [0.2, 0.25) is 0 Å². The van der Waals surface area contributed by atoms with Crippen molar-refractivity contribution in [1.82, 2.24) is 20.2 Å². The van der Waals surface area contributed by atoms with E-state index >= 15 is 0 Å². The van der Waals surface area contributed by atoms with E-state index in [1.54, 1.807) is 37.4 Å². The van der Waals surface area contributed by atoms with E-state index in [2.05, 4.69) is 27.1 Å². The Labute approximate surface area is 181 Å². The smallest absolute Gasteiger partial charge is 0.277 e. The van der Waals surface area contributed by atoms with Crippen molar-refractivity contribution >= 4 is 11.7 Å². The normalized spacial score (nSPS) is 16.8. The highest BCUT2D eigenvalue weighted by molar-refractivity contribution is 6.04. The summed E-state index contributed by atoms with van der Waals surface area (Å²) < 4.78 is 13.2. The summed E-state index contributed by atoms with van der Waals surface area (Å²) >= 11 is 0. The summed E-state index contributed by atoms with van der Waals surface area (Å²) in [5, 5.41) is 3.44. The Morgan fingerprint density at radius 3 is 2.71 bits per heavy atom. The van der Waals surface area contributed by atoms with E-state index < -0.39 is 0 Å². The molecule has 2 aromatic heterocycles. The van der Waals surface area contributed by atoms with Gasteiger partial charge in [-0.1, -0.05) is 12.1 Å². The number of nitrogens with one attached hydrogen (secondary N) is 1. The van der Waals surface area contributed by atoms with Crippen LogP contribution < -0.4 is 10.2 Å². The predicted octanol–water partition coefficient (Wildman–Crippen LogP) is 3.35. The van der Waals surface area contributed by atoms with Gasteiger partial charge in [0.1, 0.15) is 17.3 Å². The zero-order valence-electron chi connectivity index (χ0n) is 17.8. The van der Waals surface area contributed by atoms with Crippen LogP contribution in [0, 0.1) is 5.82 Å². The van der Waals surface area contributed by atoms with Gasteiger partial charge >= 0.3 is 0 Å². The number of nitrogens with zero attached hydrogens (tertiary/aromatic N) is 4. The average molecular weight is 420 g/mol. The van der Waals surface area contributed by atoms with Crippen LogP contribution in [-0.2, 0) is 6.54 Å². The molecule has 1 fully saturated rings. The van der Waals surface area contributed by atoms with Gasteiger partial charge in [-0.25, -0.2) is 14.4 Å². The molecule has 31 heavy (non-hydrogen) atoms. The number of benzene rings is 1. The number of piperazine rings is 1. The number of rotatable bonds is 5. The van der Waals surface area contributed by atoms with Crippen molar-refractivity contribution in [2.24, 2.45) is 0 Å². The fourth-order valence-corrected chi connectivity index (χ4v) is 3.73. The van der Waals surface area contributed by atoms with E-state index in [-0.39, 0.29) is 11.7 Å². The SMILES string of the molecule is C[C@H]1CN(Cc2ccc(N(C)C(=O)c3cccc(-c4ccc(F)cc4)n3)nc2)CCN1. The molecule has 1 atom stereocenters. The largest absolute Gasteiger partial charge is 0.312 e. The first-order chi connectivity index (χ1) is 15.0. The van der Waals surface area contributed by atoms with Gasteiger partial charge in [-0.05, 0) is 55.0 Å². The van der Waals surface area contributed by atoms with Crippen LogP contribution in [0.25, 0.3) is 11.3 Å². The fourth-order valence-electron chi connectivity index (χ4n) is 3.73. The zero-order chi connectivity index (χ0) is 21.8. The molecule has 160 valence electrons. The van der Waals surface area contributed by atoms with E-state index in [0.29, 0.717) is 23.2 Å². The maximum absolute atomic E-state index is 13.2. The third kappa shape index (κ3) is 5.13. The first-order valence-electron chi connectivity index (χ1n) is 10.4. The van der Waals surface area contributed by atoms with Gasteiger partial charge in [-0.3, -0.25) is 14.6 Å². The van der Waals surface area contributed by atoms with Crippen LogP contribution in [0.4, 0.5) is 10.2 Å². The van der Waals surface area contributed by atoms with E-state index in [4.69, 9.17) is 0 Å². The van der Waals surface area contributed by atoms with Crippen LogP contribution in [0.2, 0.25) is 0 Å². The van der Waals surface area contributed by atoms with Crippen LogP contribution >= 0.6 is 0 Å². The van der Waals surface area contributed by atoms with Gasteiger partial charge < -0.3 is 5.32 Å². The molecule has 1 aromatic carbocycles. The second-order valence-electron chi connectivity index (χ2n) is 7.89. The lowest BCUT2D eigenvalue weighted by molar-refractivity contribution is 0.0987. The van der Waals surface area contributed by atoms with Crippen molar-refractivity contribution < 1.29 is 9.18 Å². The first-order valence-corrected chi connectivity index (χ1v) is 10.4. The highest BCUT2D eigenvalue weighted by Gasteiger charge is 2.18. The van der Waals surface area contributed by atoms with Gasteiger partial charge in [0, 0.05) is 51.0 Å². The molecule has 0 bridgehead atoms. The van der Waals surface area contributed by atoms with E-state index in [0.717, 1.165) is 37.3 Å². The monoisotopic (exact) mass is 419 g/mol. The summed E-state index contributed by atoms with van der Waals surface area (Å²) in [5.41, 5.74) is 2.80. The number of halogens is 1. The highest BCUT2D eigenvalue weighted by atomic mass is 19.1. The highest BCUT2D eigenvalue weighted by Crippen LogP contribution is 2.19. The molecule has 1 N–H and O–H groups in total. The quantitative estimate of drug-likeness (QED) is 0.687. The minimum absolute atomic E-state index is 0.250. The fraction of sp³-hybridized carbons (Fsp3) is 0.292. The van der Waals surface area contributed by atoms with E-state index in [1.165, 1.54) is 17.0 Å². The second-order valence-corrected chi connectivity index (χ2v) is 7.89. The minimum Gasteiger partial charge on any atom is -0.312 e. The van der Waals surface area contributed by atoms with Gasteiger partial charge in [0.25, 0.3) is 5.91 Å². The summed E-state index contributed by atoms with van der Waals surface area (Å²) in [4.78, 5) is 25.8. The molecule has 1 aliphatic heterocycles.